The normalized spacial score (nSPS) is 12.1. The predicted molar refractivity (Wildman–Crippen MR) is 71.4 cm³/mol. The monoisotopic (exact) mass is 262 g/mol. The van der Waals surface area contributed by atoms with Gasteiger partial charge in [0.05, 0.1) is 11.6 Å². The average Bonchev–Trinajstić information content (AvgIpc) is 2.76. The zero-order valence-corrected chi connectivity index (χ0v) is 11.0. The Morgan fingerprint density at radius 2 is 2.28 bits per heavy atom. The molecule has 6 heteroatoms. The molecule has 0 spiro atoms. The van der Waals surface area contributed by atoms with Crippen molar-refractivity contribution in [2.45, 2.75) is 19.9 Å². The summed E-state index contributed by atoms with van der Waals surface area (Å²) in [5, 5.41) is 5.73. The molecule has 3 N–H and O–H groups in total. The number of anilines is 1. The van der Waals surface area contributed by atoms with Crippen LogP contribution < -0.4 is 11.1 Å². The van der Waals surface area contributed by atoms with Gasteiger partial charge in [-0.15, -0.1) is 11.3 Å². The molecule has 94 valence electrons. The summed E-state index contributed by atoms with van der Waals surface area (Å²) in [6.45, 7) is 3.83. The van der Waals surface area contributed by atoms with Crippen LogP contribution >= 0.6 is 11.3 Å². The summed E-state index contributed by atoms with van der Waals surface area (Å²) in [5.74, 6) is 0.220. The van der Waals surface area contributed by atoms with E-state index in [9.17, 15) is 4.79 Å². The Labute approximate surface area is 109 Å². The lowest BCUT2D eigenvalue weighted by Gasteiger charge is -2.11. The maximum absolute atomic E-state index is 11.9. The number of aryl methyl sites for hydroxylation is 1. The molecule has 18 heavy (non-hydrogen) atoms. The molecular formula is C12H14N4OS. The van der Waals surface area contributed by atoms with Gasteiger partial charge in [-0.1, -0.05) is 0 Å². The van der Waals surface area contributed by atoms with Crippen molar-refractivity contribution in [2.75, 3.05) is 5.73 Å². The number of nitrogens with one attached hydrogen (secondary N) is 1. The van der Waals surface area contributed by atoms with Gasteiger partial charge >= 0.3 is 0 Å². The van der Waals surface area contributed by atoms with Crippen LogP contribution in [0.1, 0.15) is 34.0 Å². The van der Waals surface area contributed by atoms with E-state index in [1.807, 2.05) is 19.2 Å². The first-order chi connectivity index (χ1) is 8.56. The van der Waals surface area contributed by atoms with Gasteiger partial charge in [0.1, 0.15) is 10.8 Å². The van der Waals surface area contributed by atoms with Crippen molar-refractivity contribution in [2.24, 2.45) is 0 Å². The maximum Gasteiger partial charge on any atom is 0.253 e. The van der Waals surface area contributed by atoms with Gasteiger partial charge in [-0.3, -0.25) is 4.79 Å². The second kappa shape index (κ2) is 5.14. The van der Waals surface area contributed by atoms with Crippen molar-refractivity contribution < 1.29 is 4.79 Å². The number of pyridine rings is 1. The lowest BCUT2D eigenvalue weighted by atomic mass is 10.2. The van der Waals surface area contributed by atoms with E-state index in [1.165, 1.54) is 17.5 Å². The summed E-state index contributed by atoms with van der Waals surface area (Å²) in [7, 11) is 0. The van der Waals surface area contributed by atoms with E-state index in [4.69, 9.17) is 5.73 Å². The third-order valence-electron chi connectivity index (χ3n) is 2.40. The minimum Gasteiger partial charge on any atom is -0.384 e. The predicted octanol–water partition coefficient (Wildman–Crippen LogP) is 1.92. The van der Waals surface area contributed by atoms with Crippen LogP contribution in [0.25, 0.3) is 0 Å². The molecule has 0 aromatic carbocycles. The van der Waals surface area contributed by atoms with Gasteiger partial charge in [-0.2, -0.15) is 0 Å². The Kier molecular flexibility index (Phi) is 3.57. The molecule has 2 aromatic rings. The highest BCUT2D eigenvalue weighted by atomic mass is 32.1. The molecular weight excluding hydrogens is 248 g/mol. The van der Waals surface area contributed by atoms with E-state index in [0.29, 0.717) is 11.4 Å². The van der Waals surface area contributed by atoms with Gasteiger partial charge in [0, 0.05) is 17.3 Å². The number of nitrogens with two attached hydrogens (primary N) is 1. The largest absolute Gasteiger partial charge is 0.384 e. The van der Waals surface area contributed by atoms with Crippen molar-refractivity contribution in [3.8, 4) is 0 Å². The van der Waals surface area contributed by atoms with Crippen LogP contribution in [0.5, 0.6) is 0 Å². The fourth-order valence-corrected chi connectivity index (χ4v) is 2.26. The SMILES string of the molecule is Cc1csc(C(C)NC(=O)c2ccc(N)nc2)n1. The second-order valence-corrected chi connectivity index (χ2v) is 4.88. The molecule has 2 aromatic heterocycles. The van der Waals surface area contributed by atoms with E-state index in [1.54, 1.807) is 12.1 Å². The summed E-state index contributed by atoms with van der Waals surface area (Å²) in [6, 6.07) is 3.14. The van der Waals surface area contributed by atoms with Crippen LogP contribution in [-0.2, 0) is 0 Å². The molecule has 0 saturated heterocycles. The standard InChI is InChI=1S/C12H14N4OS/c1-7-6-18-12(15-7)8(2)16-11(17)9-3-4-10(13)14-5-9/h3-6,8H,1-2H3,(H2,13,14)(H,16,17). The Bertz CT molecular complexity index is 549. The average molecular weight is 262 g/mol. The number of nitrogens with zero attached hydrogens (tertiary/aromatic N) is 2. The number of nitrogen functional groups attached to an aromatic ring is 1. The second-order valence-electron chi connectivity index (χ2n) is 3.99. The molecule has 0 saturated carbocycles. The highest BCUT2D eigenvalue weighted by Crippen LogP contribution is 2.17. The molecule has 0 radical (unpaired) electrons. The first-order valence-corrected chi connectivity index (χ1v) is 6.38. The summed E-state index contributed by atoms with van der Waals surface area (Å²) < 4.78 is 0. The van der Waals surface area contributed by atoms with E-state index < -0.39 is 0 Å². The van der Waals surface area contributed by atoms with Gasteiger partial charge in [-0.25, -0.2) is 9.97 Å². The van der Waals surface area contributed by atoms with Crippen molar-refractivity contribution in [1.82, 2.24) is 15.3 Å². The number of carbonyl (C=O) groups excluding carboxylic acids is 1. The highest BCUT2D eigenvalue weighted by molar-refractivity contribution is 7.09. The summed E-state index contributed by atoms with van der Waals surface area (Å²) >= 11 is 1.54. The smallest absolute Gasteiger partial charge is 0.253 e. The molecule has 0 bridgehead atoms. The van der Waals surface area contributed by atoms with Crippen LogP contribution in [0.15, 0.2) is 23.7 Å². The van der Waals surface area contributed by atoms with Gasteiger partial charge in [-0.05, 0) is 26.0 Å². The lowest BCUT2D eigenvalue weighted by molar-refractivity contribution is 0.0939. The number of rotatable bonds is 3. The summed E-state index contributed by atoms with van der Waals surface area (Å²) in [4.78, 5) is 20.2. The Morgan fingerprint density at radius 3 is 2.83 bits per heavy atom. The zero-order chi connectivity index (χ0) is 13.1. The lowest BCUT2D eigenvalue weighted by Crippen LogP contribution is -2.26. The fourth-order valence-electron chi connectivity index (χ4n) is 1.45. The molecule has 0 aliphatic heterocycles. The zero-order valence-electron chi connectivity index (χ0n) is 10.2. The van der Waals surface area contributed by atoms with Crippen LogP contribution in [0.4, 0.5) is 5.82 Å². The Morgan fingerprint density at radius 1 is 1.50 bits per heavy atom. The van der Waals surface area contributed by atoms with Crippen molar-refractivity contribution in [1.29, 1.82) is 0 Å². The quantitative estimate of drug-likeness (QED) is 0.885. The molecule has 1 amide bonds. The minimum atomic E-state index is -0.178. The van der Waals surface area contributed by atoms with Crippen LogP contribution in [-0.4, -0.2) is 15.9 Å². The third kappa shape index (κ3) is 2.84. The third-order valence-corrected chi connectivity index (χ3v) is 3.55. The van der Waals surface area contributed by atoms with Gasteiger partial charge in [0.25, 0.3) is 5.91 Å². The fraction of sp³-hybridized carbons (Fsp3) is 0.250. The first kappa shape index (κ1) is 12.5. The first-order valence-electron chi connectivity index (χ1n) is 5.50. The molecule has 0 aliphatic carbocycles. The number of thiazole rings is 1. The van der Waals surface area contributed by atoms with E-state index in [0.717, 1.165) is 10.7 Å². The van der Waals surface area contributed by atoms with Crippen LogP contribution in [0, 0.1) is 6.92 Å². The number of carbonyl (C=O) groups is 1. The van der Waals surface area contributed by atoms with Gasteiger partial charge < -0.3 is 11.1 Å². The minimum absolute atomic E-state index is 0.117. The molecule has 1 atom stereocenters. The van der Waals surface area contributed by atoms with E-state index in [2.05, 4.69) is 15.3 Å². The van der Waals surface area contributed by atoms with Crippen molar-refractivity contribution >= 4 is 23.1 Å². The molecule has 2 heterocycles. The number of aromatic nitrogens is 2. The number of hydrogen-bond acceptors (Lipinski definition) is 5. The molecule has 5 nitrogen and oxygen atoms in total. The molecule has 0 fully saturated rings. The van der Waals surface area contributed by atoms with E-state index >= 15 is 0 Å². The summed E-state index contributed by atoms with van der Waals surface area (Å²) in [5.41, 5.74) is 6.92. The molecule has 1 unspecified atom stereocenters. The Balaban J connectivity index is 2.05. The van der Waals surface area contributed by atoms with Crippen LogP contribution in [0.3, 0.4) is 0 Å². The Hall–Kier alpha value is -1.95. The highest BCUT2D eigenvalue weighted by Gasteiger charge is 2.14. The van der Waals surface area contributed by atoms with E-state index in [-0.39, 0.29) is 11.9 Å². The topological polar surface area (TPSA) is 80.9 Å². The number of amides is 1. The van der Waals surface area contributed by atoms with Crippen molar-refractivity contribution in [3.05, 3.63) is 40.0 Å². The van der Waals surface area contributed by atoms with Crippen molar-refractivity contribution in [3.63, 3.8) is 0 Å². The molecule has 0 aliphatic rings. The van der Waals surface area contributed by atoms with Gasteiger partial charge in [0.2, 0.25) is 0 Å². The molecule has 2 rings (SSSR count). The van der Waals surface area contributed by atoms with Gasteiger partial charge in [0.15, 0.2) is 0 Å². The summed E-state index contributed by atoms with van der Waals surface area (Å²) in [6.07, 6.45) is 1.46. The number of hydrogen-bond donors (Lipinski definition) is 2. The maximum atomic E-state index is 11.9. The van der Waals surface area contributed by atoms with Crippen LogP contribution in [0.2, 0.25) is 0 Å².